The minimum Gasteiger partial charge on any atom is -0.507 e. The Bertz CT molecular complexity index is 1310. The largest absolute Gasteiger partial charge is 0.507 e. The highest BCUT2D eigenvalue weighted by Gasteiger charge is 2.66. The summed E-state index contributed by atoms with van der Waals surface area (Å²) in [4.78, 5) is 44.0. The first kappa shape index (κ1) is 23.8. The Labute approximate surface area is 209 Å². The molecule has 3 aliphatic heterocycles. The maximum absolute atomic E-state index is 14.2. The number of amides is 2. The minimum absolute atomic E-state index is 0.00176. The minimum atomic E-state index is -1.78. The van der Waals surface area contributed by atoms with Gasteiger partial charge in [-0.15, -0.1) is 6.58 Å². The maximum atomic E-state index is 14.2. The Hall–Kier alpha value is -3.91. The van der Waals surface area contributed by atoms with Gasteiger partial charge in [0.1, 0.15) is 17.6 Å². The van der Waals surface area contributed by atoms with E-state index in [1.54, 1.807) is 55.7 Å². The summed E-state index contributed by atoms with van der Waals surface area (Å²) in [5, 5.41) is 11.6. The second-order valence-corrected chi connectivity index (χ2v) is 9.24. The number of ether oxygens (including phenoxy) is 2. The predicted octanol–water partition coefficient (Wildman–Crippen LogP) is 3.16. The average Bonchev–Trinajstić information content (AvgIpc) is 3.44. The van der Waals surface area contributed by atoms with Gasteiger partial charge in [0.2, 0.25) is 0 Å². The number of anilines is 1. The molecule has 1 spiro atoms. The molecule has 0 aromatic heterocycles. The van der Waals surface area contributed by atoms with Crippen molar-refractivity contribution in [2.75, 3.05) is 31.7 Å². The first-order valence-electron chi connectivity index (χ1n) is 12.0. The smallest absolute Gasteiger partial charge is 0.296 e. The maximum Gasteiger partial charge on any atom is 0.296 e. The predicted molar refractivity (Wildman–Crippen MR) is 134 cm³/mol. The normalized spacial score (nSPS) is 23.8. The van der Waals surface area contributed by atoms with Gasteiger partial charge in [-0.1, -0.05) is 24.3 Å². The highest BCUT2D eigenvalue weighted by molar-refractivity contribution is 6.50. The summed E-state index contributed by atoms with van der Waals surface area (Å²) < 4.78 is 10.9. The fourth-order valence-corrected chi connectivity index (χ4v) is 5.56. The van der Waals surface area contributed by atoms with Crippen LogP contribution in [0.2, 0.25) is 0 Å². The van der Waals surface area contributed by atoms with Crippen LogP contribution >= 0.6 is 0 Å². The number of ketones is 1. The first-order valence-corrected chi connectivity index (χ1v) is 12.0. The number of rotatable bonds is 7. The molecular weight excluding hydrogens is 460 g/mol. The van der Waals surface area contributed by atoms with Crippen LogP contribution in [0.5, 0.6) is 5.75 Å². The molecule has 2 atom stereocenters. The Morgan fingerprint density at radius 3 is 2.78 bits per heavy atom. The molecule has 186 valence electrons. The number of carbonyl (C=O) groups is 3. The van der Waals surface area contributed by atoms with E-state index in [-0.39, 0.29) is 30.5 Å². The number of para-hydroxylation sites is 1. The van der Waals surface area contributed by atoms with Crippen LogP contribution in [0.1, 0.15) is 30.0 Å². The van der Waals surface area contributed by atoms with Gasteiger partial charge in [0.05, 0.1) is 11.3 Å². The topological polar surface area (TPSA) is 96.4 Å². The van der Waals surface area contributed by atoms with Gasteiger partial charge in [-0.2, -0.15) is 0 Å². The molecule has 2 aromatic rings. The molecule has 0 unspecified atom stereocenters. The quantitative estimate of drug-likeness (QED) is 0.212. The van der Waals surface area contributed by atoms with Crippen LogP contribution in [0.25, 0.3) is 5.76 Å². The summed E-state index contributed by atoms with van der Waals surface area (Å²) in [7, 11) is 1.55. The van der Waals surface area contributed by atoms with E-state index in [4.69, 9.17) is 9.47 Å². The van der Waals surface area contributed by atoms with E-state index in [1.165, 1.54) is 9.80 Å². The van der Waals surface area contributed by atoms with Crippen LogP contribution in [0.3, 0.4) is 0 Å². The third kappa shape index (κ3) is 3.28. The molecule has 5 rings (SSSR count). The Kier molecular flexibility index (Phi) is 5.92. The molecule has 2 aromatic carbocycles. The zero-order valence-electron chi connectivity index (χ0n) is 20.3. The fraction of sp³-hybridized carbons (Fsp3) is 0.321. The van der Waals surface area contributed by atoms with Gasteiger partial charge >= 0.3 is 0 Å². The van der Waals surface area contributed by atoms with E-state index in [1.807, 2.05) is 6.92 Å². The lowest BCUT2D eigenvalue weighted by atomic mass is 9.81. The SMILES string of the molecule is C=CCN1C(=O)[C@@]2(C(=C(O)c3ccc4c(c3)C[C@@H](C)O4)C(=O)C(=O)N2CCCOC)c2ccccc21. The number of nitrogens with zero attached hydrogens (tertiary/aromatic N) is 2. The van der Waals surface area contributed by atoms with Gasteiger partial charge in [0, 0.05) is 44.4 Å². The Morgan fingerprint density at radius 2 is 2.03 bits per heavy atom. The number of aliphatic hydroxyl groups is 1. The number of carbonyl (C=O) groups excluding carboxylic acids is 3. The summed E-state index contributed by atoms with van der Waals surface area (Å²) in [6.07, 6.45) is 2.66. The van der Waals surface area contributed by atoms with Crippen LogP contribution in [0.4, 0.5) is 5.69 Å². The second kappa shape index (κ2) is 8.95. The number of aliphatic hydroxyl groups excluding tert-OH is 1. The van der Waals surface area contributed by atoms with E-state index >= 15 is 0 Å². The van der Waals surface area contributed by atoms with Crippen LogP contribution in [-0.4, -0.2) is 60.5 Å². The highest BCUT2D eigenvalue weighted by Crippen LogP contribution is 2.53. The van der Waals surface area contributed by atoms with Crippen LogP contribution in [0.15, 0.2) is 60.7 Å². The molecule has 8 heteroatoms. The molecular formula is C28H28N2O6. The van der Waals surface area contributed by atoms with Crippen molar-refractivity contribution in [3.05, 3.63) is 77.4 Å². The lowest BCUT2D eigenvalue weighted by Crippen LogP contribution is -2.52. The van der Waals surface area contributed by atoms with Crippen molar-refractivity contribution in [2.24, 2.45) is 0 Å². The Morgan fingerprint density at radius 1 is 1.25 bits per heavy atom. The number of methoxy groups -OCH3 is 1. The van der Waals surface area contributed by atoms with Crippen molar-refractivity contribution >= 4 is 29.0 Å². The van der Waals surface area contributed by atoms with E-state index in [2.05, 4.69) is 6.58 Å². The molecule has 0 aliphatic carbocycles. The molecule has 1 saturated heterocycles. The van der Waals surface area contributed by atoms with Crippen molar-refractivity contribution < 1.29 is 29.0 Å². The standard InChI is InChI=1S/C28H28N2O6/c1-4-12-29-21-9-6-5-8-20(21)28(27(29)34)23(25(32)26(33)30(28)13-7-14-35-3)24(31)18-10-11-22-19(16-18)15-17(2)36-22/h4-6,8-11,16-17,31H,1,7,12-15H2,2-3H3/t17-,28+/m1/s1. The third-order valence-corrected chi connectivity index (χ3v) is 7.02. The zero-order valence-corrected chi connectivity index (χ0v) is 20.3. The molecule has 1 N–H and O–H groups in total. The molecule has 1 fully saturated rings. The number of hydrogen-bond acceptors (Lipinski definition) is 6. The van der Waals surface area contributed by atoms with Gasteiger partial charge < -0.3 is 24.4 Å². The average molecular weight is 489 g/mol. The van der Waals surface area contributed by atoms with E-state index < -0.39 is 23.1 Å². The third-order valence-electron chi connectivity index (χ3n) is 7.02. The highest BCUT2D eigenvalue weighted by atomic mass is 16.5. The van der Waals surface area contributed by atoms with Gasteiger partial charge in [-0.05, 0) is 43.2 Å². The molecule has 0 bridgehead atoms. The summed E-state index contributed by atoms with van der Waals surface area (Å²) in [5.74, 6) is -1.85. The van der Waals surface area contributed by atoms with Crippen molar-refractivity contribution in [3.8, 4) is 5.75 Å². The number of hydrogen-bond donors (Lipinski definition) is 1. The van der Waals surface area contributed by atoms with Gasteiger partial charge in [0.15, 0.2) is 5.54 Å². The van der Waals surface area contributed by atoms with Crippen molar-refractivity contribution in [1.29, 1.82) is 0 Å². The van der Waals surface area contributed by atoms with Crippen LogP contribution in [-0.2, 0) is 31.1 Å². The second-order valence-electron chi connectivity index (χ2n) is 9.24. The molecule has 2 amide bonds. The summed E-state index contributed by atoms with van der Waals surface area (Å²) in [6.45, 7) is 6.35. The summed E-state index contributed by atoms with van der Waals surface area (Å²) in [5.41, 5.74) is 0.292. The molecule has 8 nitrogen and oxygen atoms in total. The van der Waals surface area contributed by atoms with E-state index in [0.717, 1.165) is 5.56 Å². The first-order chi connectivity index (χ1) is 17.4. The van der Waals surface area contributed by atoms with E-state index in [0.29, 0.717) is 42.0 Å². The summed E-state index contributed by atoms with van der Waals surface area (Å²) >= 11 is 0. The van der Waals surface area contributed by atoms with Crippen molar-refractivity contribution in [2.45, 2.75) is 31.4 Å². The lowest BCUT2D eigenvalue weighted by molar-refractivity contribution is -0.143. The lowest BCUT2D eigenvalue weighted by Gasteiger charge is -2.34. The monoisotopic (exact) mass is 488 g/mol. The molecule has 3 aliphatic rings. The molecule has 0 radical (unpaired) electrons. The van der Waals surface area contributed by atoms with Gasteiger partial charge in [-0.25, -0.2) is 0 Å². The number of benzene rings is 2. The summed E-state index contributed by atoms with van der Waals surface area (Å²) in [6, 6.07) is 12.2. The number of fused-ring (bicyclic) bond motifs is 3. The molecule has 0 saturated carbocycles. The zero-order chi connectivity index (χ0) is 25.6. The van der Waals surface area contributed by atoms with Gasteiger partial charge in [-0.3, -0.25) is 14.4 Å². The van der Waals surface area contributed by atoms with Crippen molar-refractivity contribution in [1.82, 2.24) is 4.90 Å². The molecule has 36 heavy (non-hydrogen) atoms. The fourth-order valence-electron chi connectivity index (χ4n) is 5.56. The van der Waals surface area contributed by atoms with Gasteiger partial charge in [0.25, 0.3) is 17.6 Å². The Balaban J connectivity index is 1.76. The number of Topliss-reactive ketones (excluding diaryl/α,β-unsaturated/α-hetero) is 1. The van der Waals surface area contributed by atoms with Crippen LogP contribution < -0.4 is 9.64 Å². The molecule has 3 heterocycles. The van der Waals surface area contributed by atoms with Crippen molar-refractivity contribution in [3.63, 3.8) is 0 Å². The number of likely N-dealkylation sites (tertiary alicyclic amines) is 1. The van der Waals surface area contributed by atoms with Crippen LogP contribution in [0, 0.1) is 0 Å². The van der Waals surface area contributed by atoms with E-state index in [9.17, 15) is 19.5 Å².